The number of esters is 1. The van der Waals surface area contributed by atoms with Gasteiger partial charge in [-0.05, 0) is 55.5 Å². The molecule has 186 valence electrons. The molecule has 0 aliphatic rings. The Hall–Kier alpha value is -3.35. The van der Waals surface area contributed by atoms with Crippen molar-refractivity contribution in [2.24, 2.45) is 0 Å². The predicted molar refractivity (Wildman–Crippen MR) is 139 cm³/mol. The largest absolute Gasteiger partial charge is 0.497 e. The first-order valence-corrected chi connectivity index (χ1v) is 12.9. The summed E-state index contributed by atoms with van der Waals surface area (Å²) in [5.41, 5.74) is 0.946. The number of benzene rings is 2. The minimum Gasteiger partial charge on any atom is -0.497 e. The Morgan fingerprint density at radius 3 is 2.58 bits per heavy atom. The Morgan fingerprint density at radius 2 is 1.89 bits per heavy atom. The molecule has 0 aliphatic carbocycles. The highest BCUT2D eigenvalue weighted by Crippen LogP contribution is 2.29. The van der Waals surface area contributed by atoms with Gasteiger partial charge in [-0.1, -0.05) is 29.2 Å². The van der Waals surface area contributed by atoms with Crippen LogP contribution in [0.1, 0.15) is 13.3 Å². The molecule has 4 aromatic rings. The molecule has 0 aliphatic heterocycles. The molecular weight excluding hydrogens is 525 g/mol. The van der Waals surface area contributed by atoms with Crippen LogP contribution in [0, 0.1) is 9.77 Å². The van der Waals surface area contributed by atoms with E-state index in [9.17, 15) is 18.8 Å². The molecule has 36 heavy (non-hydrogen) atoms. The maximum atomic E-state index is 13.6. The summed E-state index contributed by atoms with van der Waals surface area (Å²) in [7, 11) is 1.55. The second-order valence-corrected chi connectivity index (χ2v) is 9.96. The van der Waals surface area contributed by atoms with E-state index in [1.54, 1.807) is 36.8 Å². The number of Topliss-reactive ketones (excluding diaryl/α,β-unsaturated/α-hetero) is 1. The van der Waals surface area contributed by atoms with Crippen LogP contribution >= 0.6 is 35.3 Å². The molecule has 0 spiro atoms. The predicted octanol–water partition coefficient (Wildman–Crippen LogP) is 4.73. The molecule has 0 radical (unpaired) electrons. The van der Waals surface area contributed by atoms with Gasteiger partial charge >= 0.3 is 5.97 Å². The van der Waals surface area contributed by atoms with E-state index < -0.39 is 17.3 Å². The first kappa shape index (κ1) is 25.7. The third kappa shape index (κ3) is 5.40. The Bertz CT molecular complexity index is 1560. The molecule has 0 amide bonds. The number of rotatable bonds is 9. The van der Waals surface area contributed by atoms with Gasteiger partial charge in [-0.2, -0.15) is 0 Å². The molecule has 0 atom stereocenters. The molecule has 12 heteroatoms. The highest BCUT2D eigenvalue weighted by molar-refractivity contribution is 7.99. The third-order valence-electron chi connectivity index (χ3n) is 4.98. The van der Waals surface area contributed by atoms with Crippen LogP contribution in [-0.2, 0) is 14.3 Å². The number of carbonyl (C=O) groups excluding carboxylic acids is 2. The van der Waals surface area contributed by atoms with Crippen molar-refractivity contribution in [3.8, 4) is 17.1 Å². The van der Waals surface area contributed by atoms with Gasteiger partial charge < -0.3 is 9.47 Å². The molecule has 0 bridgehead atoms. The zero-order chi connectivity index (χ0) is 25.8. The standard InChI is InChI=1S/C24H20FN3O5S3/c1-3-33-19(30)12-17(29)13-35-23-26-21-20(22(31)28(23)15-9-7-14(25)8-10-15)36-24(34)27(21)16-5-4-6-18(11-16)32-2/h4-11H,3,12-13H2,1-2H3. The Kier molecular flexibility index (Phi) is 7.97. The first-order chi connectivity index (χ1) is 17.3. The number of hydrogen-bond donors (Lipinski definition) is 0. The number of thiazole rings is 1. The highest BCUT2D eigenvalue weighted by atomic mass is 32.2. The summed E-state index contributed by atoms with van der Waals surface area (Å²) in [6, 6.07) is 12.5. The Labute approximate surface area is 218 Å². The molecule has 8 nitrogen and oxygen atoms in total. The van der Waals surface area contributed by atoms with Crippen LogP contribution in [-0.4, -0.2) is 45.3 Å². The number of carbonyl (C=O) groups is 2. The normalized spacial score (nSPS) is 11.0. The molecule has 0 fully saturated rings. The second kappa shape index (κ2) is 11.1. The number of thioether (sulfide) groups is 1. The van der Waals surface area contributed by atoms with Gasteiger partial charge in [0.25, 0.3) is 5.56 Å². The van der Waals surface area contributed by atoms with Crippen LogP contribution in [0.3, 0.4) is 0 Å². The number of halogens is 1. The fourth-order valence-corrected chi connectivity index (χ4v) is 5.56. The SMILES string of the molecule is CCOC(=O)CC(=O)CSc1nc2c(sc(=S)n2-c2cccc(OC)c2)c(=O)n1-c1ccc(F)cc1. The minimum absolute atomic E-state index is 0.123. The summed E-state index contributed by atoms with van der Waals surface area (Å²) < 4.78 is 27.4. The van der Waals surface area contributed by atoms with E-state index in [4.69, 9.17) is 26.7 Å². The van der Waals surface area contributed by atoms with E-state index in [0.29, 0.717) is 31.4 Å². The van der Waals surface area contributed by atoms with E-state index in [0.717, 1.165) is 23.1 Å². The Balaban J connectivity index is 1.85. The maximum absolute atomic E-state index is 13.6. The molecule has 0 unspecified atom stereocenters. The fraction of sp³-hybridized carbons (Fsp3) is 0.208. The van der Waals surface area contributed by atoms with E-state index in [-0.39, 0.29) is 29.7 Å². The van der Waals surface area contributed by atoms with Crippen molar-refractivity contribution in [3.05, 3.63) is 68.7 Å². The lowest BCUT2D eigenvalue weighted by atomic mass is 10.3. The lowest BCUT2D eigenvalue weighted by Gasteiger charge is -2.13. The molecule has 2 aromatic heterocycles. The lowest BCUT2D eigenvalue weighted by molar-refractivity contribution is -0.145. The van der Waals surface area contributed by atoms with Crippen molar-refractivity contribution in [2.75, 3.05) is 19.5 Å². The van der Waals surface area contributed by atoms with Gasteiger partial charge in [0.2, 0.25) is 0 Å². The summed E-state index contributed by atoms with van der Waals surface area (Å²) in [4.78, 5) is 42.4. The van der Waals surface area contributed by atoms with Gasteiger partial charge in [0, 0.05) is 6.07 Å². The van der Waals surface area contributed by atoms with Gasteiger partial charge in [0.15, 0.2) is 20.5 Å². The molecule has 2 aromatic carbocycles. The van der Waals surface area contributed by atoms with Crippen molar-refractivity contribution >= 4 is 57.4 Å². The number of hydrogen-bond acceptors (Lipinski definition) is 9. The minimum atomic E-state index is -0.619. The van der Waals surface area contributed by atoms with E-state index in [2.05, 4.69) is 0 Å². The van der Waals surface area contributed by atoms with Crippen molar-refractivity contribution in [1.82, 2.24) is 14.1 Å². The topological polar surface area (TPSA) is 92.4 Å². The van der Waals surface area contributed by atoms with Crippen molar-refractivity contribution in [2.45, 2.75) is 18.5 Å². The zero-order valence-electron chi connectivity index (χ0n) is 19.2. The maximum Gasteiger partial charge on any atom is 0.313 e. The third-order valence-corrected chi connectivity index (χ3v) is 7.33. The van der Waals surface area contributed by atoms with Crippen molar-refractivity contribution < 1.29 is 23.5 Å². The van der Waals surface area contributed by atoms with Crippen molar-refractivity contribution in [3.63, 3.8) is 0 Å². The van der Waals surface area contributed by atoms with Crippen molar-refractivity contribution in [1.29, 1.82) is 0 Å². The number of nitrogens with zero attached hydrogens (tertiary/aromatic N) is 3. The van der Waals surface area contributed by atoms with Crippen LogP contribution in [0.4, 0.5) is 4.39 Å². The van der Waals surface area contributed by atoms with Crippen LogP contribution < -0.4 is 10.3 Å². The molecule has 0 N–H and O–H groups in total. The van der Waals surface area contributed by atoms with E-state index in [1.165, 1.54) is 28.8 Å². The van der Waals surface area contributed by atoms with Gasteiger partial charge in [0.05, 0.1) is 30.8 Å². The number of aromatic nitrogens is 3. The van der Waals surface area contributed by atoms with Crippen LogP contribution in [0.2, 0.25) is 0 Å². The summed E-state index contributed by atoms with van der Waals surface area (Å²) in [5, 5.41) is 0.195. The summed E-state index contributed by atoms with van der Waals surface area (Å²) >= 11 is 7.66. The van der Waals surface area contributed by atoms with E-state index in [1.807, 2.05) is 6.07 Å². The summed E-state index contributed by atoms with van der Waals surface area (Å²) in [6.07, 6.45) is -0.386. The van der Waals surface area contributed by atoms with Gasteiger partial charge in [0.1, 0.15) is 22.7 Å². The smallest absolute Gasteiger partial charge is 0.313 e. The number of ether oxygens (including phenoxy) is 2. The number of methoxy groups -OCH3 is 1. The average Bonchev–Trinajstić information content (AvgIpc) is 3.20. The lowest BCUT2D eigenvalue weighted by Crippen LogP contribution is -2.22. The number of ketones is 1. The molecule has 2 heterocycles. The first-order valence-electron chi connectivity index (χ1n) is 10.7. The average molecular weight is 546 g/mol. The molecular formula is C24H20FN3O5S3. The molecule has 4 rings (SSSR count). The molecule has 0 saturated carbocycles. The summed E-state index contributed by atoms with van der Waals surface area (Å²) in [6.45, 7) is 1.83. The zero-order valence-corrected chi connectivity index (χ0v) is 21.7. The Morgan fingerprint density at radius 1 is 1.14 bits per heavy atom. The molecule has 0 saturated heterocycles. The van der Waals surface area contributed by atoms with Crippen LogP contribution in [0.15, 0.2) is 58.5 Å². The number of fused-ring (bicyclic) bond motifs is 1. The van der Waals surface area contributed by atoms with E-state index >= 15 is 0 Å². The fourth-order valence-electron chi connectivity index (χ4n) is 3.40. The monoisotopic (exact) mass is 545 g/mol. The second-order valence-electron chi connectivity index (χ2n) is 7.38. The van der Waals surface area contributed by atoms with Crippen LogP contribution in [0.25, 0.3) is 21.7 Å². The summed E-state index contributed by atoms with van der Waals surface area (Å²) in [5.74, 6) is -0.977. The van der Waals surface area contributed by atoms with Crippen LogP contribution in [0.5, 0.6) is 5.75 Å². The van der Waals surface area contributed by atoms with Gasteiger partial charge in [-0.3, -0.25) is 23.5 Å². The highest BCUT2D eigenvalue weighted by Gasteiger charge is 2.21. The van der Waals surface area contributed by atoms with Gasteiger partial charge in [-0.25, -0.2) is 9.37 Å². The van der Waals surface area contributed by atoms with Gasteiger partial charge in [-0.15, -0.1) is 0 Å². The quantitative estimate of drug-likeness (QED) is 0.0980.